The summed E-state index contributed by atoms with van der Waals surface area (Å²) in [6.07, 6.45) is 1.82. The predicted molar refractivity (Wildman–Crippen MR) is 76.7 cm³/mol. The molecule has 7 nitrogen and oxygen atoms in total. The number of hydrogen-bond acceptors (Lipinski definition) is 7. The molecule has 20 heavy (non-hydrogen) atoms. The minimum Gasteiger partial charge on any atom is -0.384 e. The van der Waals surface area contributed by atoms with E-state index < -0.39 is 11.0 Å². The largest absolute Gasteiger partial charge is 0.384 e. The van der Waals surface area contributed by atoms with Crippen LogP contribution in [-0.4, -0.2) is 16.3 Å². The summed E-state index contributed by atoms with van der Waals surface area (Å²) < 4.78 is 0. The van der Waals surface area contributed by atoms with E-state index in [9.17, 15) is 15.4 Å². The molecule has 1 aromatic carbocycles. The van der Waals surface area contributed by atoms with E-state index in [1.54, 1.807) is 12.1 Å². The smallest absolute Gasteiger partial charge is 0.269 e. The fourth-order valence-corrected chi connectivity index (χ4v) is 2.24. The van der Waals surface area contributed by atoms with Gasteiger partial charge in [-0.15, -0.1) is 0 Å². The first-order valence-electron chi connectivity index (χ1n) is 5.59. The molecule has 0 saturated carbocycles. The highest BCUT2D eigenvalue weighted by Gasteiger charge is 2.25. The van der Waals surface area contributed by atoms with Crippen LogP contribution in [0.1, 0.15) is 11.6 Å². The average molecular weight is 289 g/mol. The van der Waals surface area contributed by atoms with Gasteiger partial charge in [0.2, 0.25) is 0 Å². The molecule has 0 amide bonds. The van der Waals surface area contributed by atoms with Gasteiger partial charge < -0.3 is 11.1 Å². The Morgan fingerprint density at radius 1 is 1.60 bits per heavy atom. The van der Waals surface area contributed by atoms with Gasteiger partial charge in [0.15, 0.2) is 5.17 Å². The number of nitrogens with two attached hydrogens (primary N) is 1. The predicted octanol–water partition coefficient (Wildman–Crippen LogP) is 1.65. The number of nitrogens with one attached hydrogen (secondary N) is 1. The zero-order valence-corrected chi connectivity index (χ0v) is 11.3. The Morgan fingerprint density at radius 3 is 2.95 bits per heavy atom. The second kappa shape index (κ2) is 5.63. The number of aliphatic imine (C=N–C) groups is 1. The maximum atomic E-state index is 10.8. The Labute approximate surface area is 119 Å². The van der Waals surface area contributed by atoms with Crippen molar-refractivity contribution < 1.29 is 4.92 Å². The maximum Gasteiger partial charge on any atom is 0.269 e. The lowest BCUT2D eigenvalue weighted by atomic mass is 9.99. The molecular weight excluding hydrogens is 278 g/mol. The van der Waals surface area contributed by atoms with Gasteiger partial charge >= 0.3 is 0 Å². The highest BCUT2D eigenvalue weighted by molar-refractivity contribution is 8.13. The van der Waals surface area contributed by atoms with Crippen LogP contribution >= 0.6 is 11.8 Å². The summed E-state index contributed by atoms with van der Waals surface area (Å²) >= 11 is 1.35. The molecule has 1 aromatic rings. The van der Waals surface area contributed by atoms with E-state index in [-0.39, 0.29) is 17.1 Å². The van der Waals surface area contributed by atoms with Crippen molar-refractivity contribution in [3.05, 3.63) is 51.3 Å². The number of non-ortho nitro benzene ring substituents is 1. The number of thioether (sulfide) groups is 1. The van der Waals surface area contributed by atoms with Gasteiger partial charge in [0.05, 0.1) is 10.5 Å². The summed E-state index contributed by atoms with van der Waals surface area (Å²) in [6, 6.07) is 7.43. The van der Waals surface area contributed by atoms with E-state index in [0.717, 1.165) is 0 Å². The van der Waals surface area contributed by atoms with Crippen molar-refractivity contribution in [1.29, 1.82) is 5.26 Å². The number of hydrogen-bond donors (Lipinski definition) is 2. The molecule has 102 valence electrons. The van der Waals surface area contributed by atoms with Crippen molar-refractivity contribution in [2.75, 3.05) is 6.26 Å². The molecule has 1 unspecified atom stereocenters. The van der Waals surface area contributed by atoms with Gasteiger partial charge in [0.1, 0.15) is 17.9 Å². The summed E-state index contributed by atoms with van der Waals surface area (Å²) in [5.41, 5.74) is 6.57. The topological polar surface area (TPSA) is 117 Å². The summed E-state index contributed by atoms with van der Waals surface area (Å²) in [6.45, 7) is 0. The highest BCUT2D eigenvalue weighted by atomic mass is 32.2. The first kappa shape index (κ1) is 13.9. The van der Waals surface area contributed by atoms with Gasteiger partial charge in [-0.2, -0.15) is 5.26 Å². The van der Waals surface area contributed by atoms with Crippen molar-refractivity contribution in [3.8, 4) is 6.07 Å². The molecule has 8 heteroatoms. The minimum absolute atomic E-state index is 0.0437. The molecule has 3 N–H and O–H groups in total. The van der Waals surface area contributed by atoms with E-state index in [2.05, 4.69) is 10.3 Å². The van der Waals surface area contributed by atoms with Gasteiger partial charge in [-0.05, 0) is 11.8 Å². The van der Waals surface area contributed by atoms with Crippen LogP contribution < -0.4 is 11.1 Å². The molecule has 0 saturated heterocycles. The standard InChI is InChI=1S/C12H11N5O2S/c1-20-12-15-10(9(6-13)11(14)16-12)7-3-2-4-8(5-7)17(18)19/h2-5,10H,14H2,1H3,(H,15,16). The Hall–Kier alpha value is -2.53. The lowest BCUT2D eigenvalue weighted by molar-refractivity contribution is -0.384. The Kier molecular flexibility index (Phi) is 3.91. The monoisotopic (exact) mass is 289 g/mol. The van der Waals surface area contributed by atoms with E-state index in [4.69, 9.17) is 5.73 Å². The SMILES string of the molecule is CSC1=NC(c2cccc([N+](=O)[O-])c2)C(C#N)=C(N)N1. The van der Waals surface area contributed by atoms with Gasteiger partial charge in [-0.1, -0.05) is 23.9 Å². The summed E-state index contributed by atoms with van der Waals surface area (Å²) in [4.78, 5) is 14.7. The Morgan fingerprint density at radius 2 is 2.35 bits per heavy atom. The molecule has 1 heterocycles. The average Bonchev–Trinajstić information content (AvgIpc) is 2.46. The molecule has 0 radical (unpaired) electrons. The fourth-order valence-electron chi connectivity index (χ4n) is 1.82. The van der Waals surface area contributed by atoms with Crippen molar-refractivity contribution in [2.24, 2.45) is 10.7 Å². The zero-order valence-electron chi connectivity index (χ0n) is 10.5. The lowest BCUT2D eigenvalue weighted by Crippen LogP contribution is -2.32. The van der Waals surface area contributed by atoms with Gasteiger partial charge in [-0.25, -0.2) is 4.99 Å². The van der Waals surface area contributed by atoms with Crippen molar-refractivity contribution in [2.45, 2.75) is 6.04 Å². The number of nitriles is 1. The third kappa shape index (κ3) is 2.57. The van der Waals surface area contributed by atoms with E-state index in [1.807, 2.05) is 12.3 Å². The normalized spacial score (nSPS) is 18.0. The second-order valence-electron chi connectivity index (χ2n) is 3.96. The van der Waals surface area contributed by atoms with Crippen LogP contribution in [0.25, 0.3) is 0 Å². The Bertz CT molecular complexity index is 662. The number of nitrogens with zero attached hydrogens (tertiary/aromatic N) is 3. The quantitative estimate of drug-likeness (QED) is 0.631. The molecule has 0 spiro atoms. The van der Waals surface area contributed by atoms with Crippen LogP contribution in [0.15, 0.2) is 40.7 Å². The number of amidine groups is 1. The molecular formula is C12H11N5O2S. The van der Waals surface area contributed by atoms with E-state index >= 15 is 0 Å². The number of nitro groups is 1. The lowest BCUT2D eigenvalue weighted by Gasteiger charge is -2.22. The van der Waals surface area contributed by atoms with Crippen LogP contribution in [0, 0.1) is 21.4 Å². The summed E-state index contributed by atoms with van der Waals surface area (Å²) in [5.74, 6) is 0.225. The first-order valence-corrected chi connectivity index (χ1v) is 6.82. The van der Waals surface area contributed by atoms with Crippen LogP contribution in [0.3, 0.4) is 0 Å². The molecule has 0 fully saturated rings. The van der Waals surface area contributed by atoms with E-state index in [1.165, 1.54) is 23.9 Å². The van der Waals surface area contributed by atoms with Gasteiger partial charge in [-0.3, -0.25) is 10.1 Å². The first-order chi connectivity index (χ1) is 9.56. The van der Waals surface area contributed by atoms with Crippen molar-refractivity contribution >= 4 is 22.6 Å². The summed E-state index contributed by atoms with van der Waals surface area (Å²) in [5, 5.41) is 23.4. The highest BCUT2D eigenvalue weighted by Crippen LogP contribution is 2.31. The molecule has 0 bridgehead atoms. The maximum absolute atomic E-state index is 10.8. The number of rotatable bonds is 2. The van der Waals surface area contributed by atoms with Gasteiger partial charge in [0, 0.05) is 12.1 Å². The molecule has 1 atom stereocenters. The minimum atomic E-state index is -0.622. The van der Waals surface area contributed by atoms with Crippen LogP contribution in [0.2, 0.25) is 0 Å². The third-order valence-corrected chi connectivity index (χ3v) is 3.36. The summed E-state index contributed by atoms with van der Waals surface area (Å²) in [7, 11) is 0. The van der Waals surface area contributed by atoms with Crippen molar-refractivity contribution in [1.82, 2.24) is 5.32 Å². The third-order valence-electron chi connectivity index (χ3n) is 2.76. The molecule has 2 rings (SSSR count). The molecule has 0 aliphatic carbocycles. The van der Waals surface area contributed by atoms with Crippen molar-refractivity contribution in [3.63, 3.8) is 0 Å². The van der Waals surface area contributed by atoms with Crippen LogP contribution in [-0.2, 0) is 0 Å². The van der Waals surface area contributed by atoms with Crippen LogP contribution in [0.4, 0.5) is 5.69 Å². The van der Waals surface area contributed by atoms with Gasteiger partial charge in [0.25, 0.3) is 5.69 Å². The molecule has 0 aromatic heterocycles. The Balaban J connectivity index is 2.50. The van der Waals surface area contributed by atoms with E-state index in [0.29, 0.717) is 10.7 Å². The molecule has 1 aliphatic rings. The number of nitro benzene ring substituents is 1. The number of benzene rings is 1. The fraction of sp³-hybridized carbons (Fsp3) is 0.167. The molecule has 1 aliphatic heterocycles. The zero-order chi connectivity index (χ0) is 14.7. The second-order valence-corrected chi connectivity index (χ2v) is 4.75. The van der Waals surface area contributed by atoms with Crippen LogP contribution in [0.5, 0.6) is 0 Å².